The molecule has 1 aliphatic heterocycles. The highest BCUT2D eigenvalue weighted by Crippen LogP contribution is 2.21. The van der Waals surface area contributed by atoms with Crippen molar-refractivity contribution in [2.45, 2.75) is 24.1 Å². The SMILES string of the molecule is COCC1(CNS(=O)(=O)Cc2cccc3cccnc23)CCCN1.Cl. The zero-order valence-electron chi connectivity index (χ0n) is 14.2. The molecule has 138 valence electrons. The number of nitrogens with zero attached hydrogens (tertiary/aromatic N) is 1. The van der Waals surface area contributed by atoms with Gasteiger partial charge in [-0.25, -0.2) is 13.1 Å². The summed E-state index contributed by atoms with van der Waals surface area (Å²) in [5.74, 6) is -0.0790. The lowest BCUT2D eigenvalue weighted by atomic mass is 9.99. The van der Waals surface area contributed by atoms with Crippen LogP contribution in [0, 0.1) is 0 Å². The average molecular weight is 386 g/mol. The molecule has 1 saturated heterocycles. The fourth-order valence-electron chi connectivity index (χ4n) is 3.26. The largest absolute Gasteiger partial charge is 0.383 e. The highest BCUT2D eigenvalue weighted by Gasteiger charge is 2.34. The van der Waals surface area contributed by atoms with Gasteiger partial charge in [0.05, 0.1) is 23.4 Å². The molecule has 2 heterocycles. The molecule has 1 fully saturated rings. The predicted molar refractivity (Wildman–Crippen MR) is 101 cm³/mol. The summed E-state index contributed by atoms with van der Waals surface area (Å²) in [7, 11) is -1.82. The molecular formula is C17H24ClN3O3S. The number of sulfonamides is 1. The Balaban J connectivity index is 0.00000225. The Hall–Kier alpha value is -1.25. The first kappa shape index (κ1) is 20.1. The van der Waals surface area contributed by atoms with Gasteiger partial charge in [-0.1, -0.05) is 24.3 Å². The molecule has 0 amide bonds. The molecule has 1 atom stereocenters. The maximum absolute atomic E-state index is 12.5. The number of nitrogens with one attached hydrogen (secondary N) is 2. The second kappa shape index (κ2) is 8.42. The summed E-state index contributed by atoms with van der Waals surface area (Å²) in [5.41, 5.74) is 1.13. The van der Waals surface area contributed by atoms with Crippen molar-refractivity contribution in [1.29, 1.82) is 0 Å². The maximum Gasteiger partial charge on any atom is 0.215 e. The Kier molecular flexibility index (Phi) is 6.76. The number of hydrogen-bond donors (Lipinski definition) is 2. The van der Waals surface area contributed by atoms with Crippen molar-refractivity contribution < 1.29 is 13.2 Å². The van der Waals surface area contributed by atoms with E-state index in [2.05, 4.69) is 15.0 Å². The van der Waals surface area contributed by atoms with Crippen LogP contribution in [0.1, 0.15) is 18.4 Å². The Labute approximate surface area is 154 Å². The lowest BCUT2D eigenvalue weighted by molar-refractivity contribution is 0.122. The van der Waals surface area contributed by atoms with Gasteiger partial charge < -0.3 is 10.1 Å². The topological polar surface area (TPSA) is 80.3 Å². The molecule has 2 aromatic rings. The lowest BCUT2D eigenvalue weighted by Crippen LogP contribution is -2.53. The van der Waals surface area contributed by atoms with E-state index in [0.717, 1.165) is 30.3 Å². The average Bonchev–Trinajstić information content (AvgIpc) is 3.03. The summed E-state index contributed by atoms with van der Waals surface area (Å²) < 4.78 is 33.1. The quantitative estimate of drug-likeness (QED) is 0.760. The molecule has 0 spiro atoms. The van der Waals surface area contributed by atoms with Crippen LogP contribution >= 0.6 is 12.4 Å². The van der Waals surface area contributed by atoms with Gasteiger partial charge in [0.2, 0.25) is 10.0 Å². The van der Waals surface area contributed by atoms with Crippen molar-refractivity contribution in [2.75, 3.05) is 26.8 Å². The third-order valence-corrected chi connectivity index (χ3v) is 5.72. The fraction of sp³-hybridized carbons (Fsp3) is 0.471. The number of rotatable bonds is 7. The van der Waals surface area contributed by atoms with Gasteiger partial charge in [-0.15, -0.1) is 12.4 Å². The van der Waals surface area contributed by atoms with E-state index in [4.69, 9.17) is 4.74 Å². The number of aromatic nitrogens is 1. The zero-order valence-corrected chi connectivity index (χ0v) is 15.8. The number of pyridine rings is 1. The van der Waals surface area contributed by atoms with Crippen LogP contribution in [0.25, 0.3) is 10.9 Å². The minimum absolute atomic E-state index is 0. The van der Waals surface area contributed by atoms with Crippen LogP contribution in [-0.4, -0.2) is 45.7 Å². The zero-order chi connectivity index (χ0) is 17.0. The molecule has 0 aliphatic carbocycles. The van der Waals surface area contributed by atoms with E-state index in [1.54, 1.807) is 13.3 Å². The second-order valence-electron chi connectivity index (χ2n) is 6.32. The molecular weight excluding hydrogens is 362 g/mol. The first-order valence-corrected chi connectivity index (χ1v) is 9.73. The molecule has 1 unspecified atom stereocenters. The molecule has 0 saturated carbocycles. The summed E-state index contributed by atoms with van der Waals surface area (Å²) in [6.07, 6.45) is 3.61. The Morgan fingerprint density at radius 1 is 1.32 bits per heavy atom. The minimum Gasteiger partial charge on any atom is -0.383 e. The Bertz CT molecular complexity index is 802. The number of ether oxygens (including phenoxy) is 1. The van der Waals surface area contributed by atoms with Crippen molar-refractivity contribution in [1.82, 2.24) is 15.0 Å². The molecule has 6 nitrogen and oxygen atoms in total. The van der Waals surface area contributed by atoms with Gasteiger partial charge in [-0.05, 0) is 31.0 Å². The predicted octanol–water partition coefficient (Wildman–Crippen LogP) is 1.84. The standard InChI is InChI=1S/C17H23N3O3S.ClH/c1-23-13-17(8-4-10-19-17)12-20-24(21,22)11-15-6-2-5-14-7-3-9-18-16(14)15;/h2-3,5-7,9,19-20H,4,8,10-13H2,1H3;1H. The Morgan fingerprint density at radius 2 is 2.12 bits per heavy atom. The number of methoxy groups -OCH3 is 1. The van der Waals surface area contributed by atoms with E-state index in [0.29, 0.717) is 18.7 Å². The molecule has 3 rings (SSSR count). The number of hydrogen-bond acceptors (Lipinski definition) is 5. The van der Waals surface area contributed by atoms with Crippen molar-refractivity contribution in [3.8, 4) is 0 Å². The summed E-state index contributed by atoms with van der Waals surface area (Å²) in [6.45, 7) is 1.71. The van der Waals surface area contributed by atoms with Crippen LogP contribution in [0.5, 0.6) is 0 Å². The Morgan fingerprint density at radius 3 is 2.84 bits per heavy atom. The van der Waals surface area contributed by atoms with Gasteiger partial charge in [0.15, 0.2) is 0 Å². The fourth-order valence-corrected chi connectivity index (χ4v) is 4.50. The van der Waals surface area contributed by atoms with E-state index in [-0.39, 0.29) is 23.7 Å². The van der Waals surface area contributed by atoms with Crippen LogP contribution in [0.3, 0.4) is 0 Å². The first-order chi connectivity index (χ1) is 11.5. The monoisotopic (exact) mass is 385 g/mol. The number of fused-ring (bicyclic) bond motifs is 1. The van der Waals surface area contributed by atoms with Gasteiger partial charge in [-0.3, -0.25) is 4.98 Å². The molecule has 1 aliphatic rings. The molecule has 8 heteroatoms. The second-order valence-corrected chi connectivity index (χ2v) is 8.12. The molecule has 0 radical (unpaired) electrons. The van der Waals surface area contributed by atoms with Gasteiger partial charge in [-0.2, -0.15) is 0 Å². The summed E-state index contributed by atoms with van der Waals surface area (Å²) in [6, 6.07) is 9.38. The van der Waals surface area contributed by atoms with E-state index in [9.17, 15) is 8.42 Å². The number of para-hydroxylation sites is 1. The smallest absolute Gasteiger partial charge is 0.215 e. The highest BCUT2D eigenvalue weighted by molar-refractivity contribution is 7.88. The van der Waals surface area contributed by atoms with Crippen molar-refractivity contribution in [3.05, 3.63) is 42.1 Å². The maximum atomic E-state index is 12.5. The van der Waals surface area contributed by atoms with Gasteiger partial charge in [0.1, 0.15) is 0 Å². The van der Waals surface area contributed by atoms with E-state index in [1.807, 2.05) is 30.3 Å². The van der Waals surface area contributed by atoms with Crippen LogP contribution in [0.4, 0.5) is 0 Å². The normalized spacial score (nSPS) is 20.5. The number of halogens is 1. The van der Waals surface area contributed by atoms with Crippen LogP contribution in [0.2, 0.25) is 0 Å². The minimum atomic E-state index is -3.46. The summed E-state index contributed by atoms with van der Waals surface area (Å²) >= 11 is 0. The van der Waals surface area contributed by atoms with E-state index < -0.39 is 10.0 Å². The van der Waals surface area contributed by atoms with Gasteiger partial charge >= 0.3 is 0 Å². The van der Waals surface area contributed by atoms with Gasteiger partial charge in [0.25, 0.3) is 0 Å². The summed E-state index contributed by atoms with van der Waals surface area (Å²) in [4.78, 5) is 4.32. The van der Waals surface area contributed by atoms with Crippen LogP contribution < -0.4 is 10.0 Å². The third kappa shape index (κ3) is 4.89. The molecule has 25 heavy (non-hydrogen) atoms. The third-order valence-electron chi connectivity index (χ3n) is 4.45. The summed E-state index contributed by atoms with van der Waals surface area (Å²) in [5, 5.41) is 4.32. The number of benzene rings is 1. The molecule has 1 aromatic carbocycles. The van der Waals surface area contributed by atoms with Crippen LogP contribution in [0.15, 0.2) is 36.5 Å². The molecule has 0 bridgehead atoms. The van der Waals surface area contributed by atoms with Crippen molar-refractivity contribution in [2.24, 2.45) is 0 Å². The van der Waals surface area contributed by atoms with E-state index in [1.165, 1.54) is 0 Å². The van der Waals surface area contributed by atoms with Crippen molar-refractivity contribution in [3.63, 3.8) is 0 Å². The lowest BCUT2D eigenvalue weighted by Gasteiger charge is -2.28. The molecule has 2 N–H and O–H groups in total. The first-order valence-electron chi connectivity index (χ1n) is 8.08. The van der Waals surface area contributed by atoms with E-state index >= 15 is 0 Å². The molecule has 1 aromatic heterocycles. The van der Waals surface area contributed by atoms with Gasteiger partial charge in [0, 0.05) is 25.2 Å². The van der Waals surface area contributed by atoms with Crippen molar-refractivity contribution >= 4 is 33.3 Å². The highest BCUT2D eigenvalue weighted by atomic mass is 35.5. The van der Waals surface area contributed by atoms with Crippen LogP contribution in [-0.2, 0) is 20.5 Å².